The van der Waals surface area contributed by atoms with E-state index in [2.05, 4.69) is 0 Å². The Morgan fingerprint density at radius 3 is 2.47 bits per heavy atom. The maximum Gasteiger partial charge on any atom is 0.110 e. The first-order chi connectivity index (χ1) is 6.93. The van der Waals surface area contributed by atoms with Crippen molar-refractivity contribution in [3.8, 4) is 0 Å². The Bertz CT molecular complexity index is 316. The van der Waals surface area contributed by atoms with Crippen LogP contribution in [0.3, 0.4) is 0 Å². The Balaban J connectivity index is 2.81. The van der Waals surface area contributed by atoms with Crippen molar-refractivity contribution < 1.29 is 9.84 Å². The van der Waals surface area contributed by atoms with E-state index in [1.807, 2.05) is 45.0 Å². The van der Waals surface area contributed by atoms with Crippen LogP contribution in [0, 0.1) is 6.92 Å². The monoisotopic (exact) mass is 208 g/mol. The Morgan fingerprint density at radius 2 is 1.93 bits per heavy atom. The molecule has 1 N–H and O–H groups in total. The fourth-order valence-corrected chi connectivity index (χ4v) is 1.58. The van der Waals surface area contributed by atoms with Crippen molar-refractivity contribution in [2.24, 2.45) is 0 Å². The lowest BCUT2D eigenvalue weighted by atomic mass is 9.93. The van der Waals surface area contributed by atoms with E-state index < -0.39 is 5.60 Å². The molecule has 2 nitrogen and oxygen atoms in total. The third-order valence-electron chi connectivity index (χ3n) is 2.42. The van der Waals surface area contributed by atoms with E-state index in [0.29, 0.717) is 6.61 Å². The SMILES string of the molecule is Cc1ccccc1C(C)(O)COC(C)C. The Labute approximate surface area is 91.9 Å². The highest BCUT2D eigenvalue weighted by Gasteiger charge is 2.25. The van der Waals surface area contributed by atoms with Crippen LogP contribution in [0.5, 0.6) is 0 Å². The van der Waals surface area contributed by atoms with E-state index in [-0.39, 0.29) is 6.10 Å². The van der Waals surface area contributed by atoms with Gasteiger partial charge in [-0.1, -0.05) is 24.3 Å². The number of hydrogen-bond donors (Lipinski definition) is 1. The van der Waals surface area contributed by atoms with Crippen molar-refractivity contribution >= 4 is 0 Å². The lowest BCUT2D eigenvalue weighted by Crippen LogP contribution is -2.30. The third-order valence-corrected chi connectivity index (χ3v) is 2.42. The highest BCUT2D eigenvalue weighted by Crippen LogP contribution is 2.24. The van der Waals surface area contributed by atoms with Gasteiger partial charge in [0.1, 0.15) is 5.60 Å². The first kappa shape index (κ1) is 12.2. The smallest absolute Gasteiger partial charge is 0.110 e. The van der Waals surface area contributed by atoms with Crippen molar-refractivity contribution in [3.63, 3.8) is 0 Å². The van der Waals surface area contributed by atoms with Crippen LogP contribution in [-0.2, 0) is 10.3 Å². The molecule has 1 aromatic carbocycles. The van der Waals surface area contributed by atoms with Crippen molar-refractivity contribution in [1.82, 2.24) is 0 Å². The molecule has 1 rings (SSSR count). The van der Waals surface area contributed by atoms with Crippen LogP contribution in [-0.4, -0.2) is 17.8 Å². The lowest BCUT2D eigenvalue weighted by molar-refractivity contribution is -0.0577. The summed E-state index contributed by atoms with van der Waals surface area (Å²) in [5, 5.41) is 10.3. The minimum absolute atomic E-state index is 0.139. The van der Waals surface area contributed by atoms with Crippen molar-refractivity contribution in [2.75, 3.05) is 6.61 Å². The van der Waals surface area contributed by atoms with E-state index >= 15 is 0 Å². The molecule has 0 aromatic heterocycles. The van der Waals surface area contributed by atoms with Gasteiger partial charge in [0.15, 0.2) is 0 Å². The lowest BCUT2D eigenvalue weighted by Gasteiger charge is -2.26. The molecular weight excluding hydrogens is 188 g/mol. The minimum atomic E-state index is -0.907. The molecule has 0 fully saturated rings. The molecule has 0 saturated carbocycles. The van der Waals surface area contributed by atoms with E-state index in [9.17, 15) is 5.11 Å². The van der Waals surface area contributed by atoms with Gasteiger partial charge >= 0.3 is 0 Å². The predicted molar refractivity (Wildman–Crippen MR) is 61.8 cm³/mol. The molecule has 0 radical (unpaired) electrons. The number of rotatable bonds is 4. The molecule has 0 amide bonds. The number of ether oxygens (including phenoxy) is 1. The van der Waals surface area contributed by atoms with Gasteiger partial charge in [-0.05, 0) is 38.8 Å². The normalized spacial score (nSPS) is 15.3. The largest absolute Gasteiger partial charge is 0.383 e. The van der Waals surface area contributed by atoms with E-state index in [0.717, 1.165) is 11.1 Å². The van der Waals surface area contributed by atoms with Crippen LogP contribution >= 0.6 is 0 Å². The van der Waals surface area contributed by atoms with Crippen molar-refractivity contribution in [1.29, 1.82) is 0 Å². The van der Waals surface area contributed by atoms with Gasteiger partial charge in [-0.25, -0.2) is 0 Å². The zero-order valence-electron chi connectivity index (χ0n) is 9.95. The van der Waals surface area contributed by atoms with Gasteiger partial charge in [0.2, 0.25) is 0 Å². The average molecular weight is 208 g/mol. The summed E-state index contributed by atoms with van der Waals surface area (Å²) in [5.74, 6) is 0. The average Bonchev–Trinajstić information content (AvgIpc) is 2.15. The van der Waals surface area contributed by atoms with Gasteiger partial charge in [0.05, 0.1) is 12.7 Å². The molecule has 0 spiro atoms. The van der Waals surface area contributed by atoms with E-state index in [4.69, 9.17) is 4.74 Å². The number of aliphatic hydroxyl groups is 1. The molecular formula is C13H20O2. The summed E-state index contributed by atoms with van der Waals surface area (Å²) in [4.78, 5) is 0. The summed E-state index contributed by atoms with van der Waals surface area (Å²) in [5.41, 5.74) is 1.12. The highest BCUT2D eigenvalue weighted by molar-refractivity contribution is 5.30. The quantitative estimate of drug-likeness (QED) is 0.824. The fourth-order valence-electron chi connectivity index (χ4n) is 1.58. The number of benzene rings is 1. The van der Waals surface area contributed by atoms with Crippen LogP contribution in [0.15, 0.2) is 24.3 Å². The maximum atomic E-state index is 10.3. The molecule has 2 heteroatoms. The van der Waals surface area contributed by atoms with Crippen LogP contribution in [0.4, 0.5) is 0 Å². The second-order valence-electron chi connectivity index (χ2n) is 4.45. The Hall–Kier alpha value is -0.860. The first-order valence-electron chi connectivity index (χ1n) is 5.33. The van der Waals surface area contributed by atoms with Crippen molar-refractivity contribution in [2.45, 2.75) is 39.4 Å². The Kier molecular flexibility index (Phi) is 3.89. The zero-order valence-corrected chi connectivity index (χ0v) is 9.95. The number of aryl methyl sites for hydroxylation is 1. The van der Waals surface area contributed by atoms with Crippen LogP contribution in [0.1, 0.15) is 31.9 Å². The zero-order chi connectivity index (χ0) is 11.5. The Morgan fingerprint density at radius 1 is 1.33 bits per heavy atom. The third kappa shape index (κ3) is 3.33. The molecule has 1 aromatic rings. The van der Waals surface area contributed by atoms with Gasteiger partial charge in [0.25, 0.3) is 0 Å². The standard InChI is InChI=1S/C13H20O2/c1-10(2)15-9-13(4,14)12-8-6-5-7-11(12)3/h5-8,10,14H,9H2,1-4H3. The van der Waals surface area contributed by atoms with Gasteiger partial charge < -0.3 is 9.84 Å². The van der Waals surface area contributed by atoms with Gasteiger partial charge in [0, 0.05) is 0 Å². The van der Waals surface area contributed by atoms with E-state index in [1.165, 1.54) is 0 Å². The molecule has 0 aliphatic rings. The second kappa shape index (κ2) is 4.77. The molecule has 0 heterocycles. The van der Waals surface area contributed by atoms with Crippen LogP contribution in [0.25, 0.3) is 0 Å². The second-order valence-corrected chi connectivity index (χ2v) is 4.45. The molecule has 0 aliphatic heterocycles. The molecule has 0 saturated heterocycles. The molecule has 84 valence electrons. The summed E-state index contributed by atoms with van der Waals surface area (Å²) in [6.45, 7) is 8.05. The van der Waals surface area contributed by atoms with Gasteiger partial charge in [-0.2, -0.15) is 0 Å². The molecule has 1 atom stereocenters. The van der Waals surface area contributed by atoms with Crippen LogP contribution < -0.4 is 0 Å². The number of hydrogen-bond acceptors (Lipinski definition) is 2. The van der Waals surface area contributed by atoms with Gasteiger partial charge in [-0.15, -0.1) is 0 Å². The minimum Gasteiger partial charge on any atom is -0.383 e. The summed E-state index contributed by atoms with van der Waals surface area (Å²) >= 11 is 0. The molecule has 1 unspecified atom stereocenters. The maximum absolute atomic E-state index is 10.3. The fraction of sp³-hybridized carbons (Fsp3) is 0.538. The first-order valence-corrected chi connectivity index (χ1v) is 5.33. The van der Waals surface area contributed by atoms with Crippen LogP contribution in [0.2, 0.25) is 0 Å². The summed E-state index contributed by atoms with van der Waals surface area (Å²) in [6.07, 6.45) is 0.139. The van der Waals surface area contributed by atoms with E-state index in [1.54, 1.807) is 6.92 Å². The summed E-state index contributed by atoms with van der Waals surface area (Å²) in [7, 11) is 0. The predicted octanol–water partition coefficient (Wildman–Crippen LogP) is 2.63. The summed E-state index contributed by atoms with van der Waals surface area (Å²) < 4.78 is 5.47. The topological polar surface area (TPSA) is 29.5 Å². The van der Waals surface area contributed by atoms with Crippen molar-refractivity contribution in [3.05, 3.63) is 35.4 Å². The molecule has 0 aliphatic carbocycles. The van der Waals surface area contributed by atoms with Gasteiger partial charge in [-0.3, -0.25) is 0 Å². The molecule has 0 bridgehead atoms. The molecule has 15 heavy (non-hydrogen) atoms. The highest BCUT2D eigenvalue weighted by atomic mass is 16.5. The summed E-state index contributed by atoms with van der Waals surface area (Å²) in [6, 6.07) is 7.85.